The Hall–Kier alpha value is -3.65. The van der Waals surface area contributed by atoms with Crippen molar-refractivity contribution in [2.75, 3.05) is 37.4 Å². The lowest BCUT2D eigenvalue weighted by Crippen LogP contribution is -2.38. The molecule has 2 N–H and O–H groups in total. The second kappa shape index (κ2) is 10.4. The molecule has 0 atom stereocenters. The number of aromatic nitrogens is 1. The number of hydrogen-bond donors (Lipinski definition) is 2. The van der Waals surface area contributed by atoms with Crippen molar-refractivity contribution in [2.24, 2.45) is 0 Å². The maximum Gasteiger partial charge on any atom is 0.240 e. The van der Waals surface area contributed by atoms with Gasteiger partial charge >= 0.3 is 0 Å². The van der Waals surface area contributed by atoms with Crippen molar-refractivity contribution in [1.82, 2.24) is 10.1 Å². The zero-order chi connectivity index (χ0) is 22.2. The molecule has 2 aromatic carbocycles. The van der Waals surface area contributed by atoms with Crippen LogP contribution in [0.5, 0.6) is 5.75 Å². The van der Waals surface area contributed by atoms with Crippen LogP contribution in [0.3, 0.4) is 0 Å². The van der Waals surface area contributed by atoms with Crippen LogP contribution in [0.4, 0.5) is 11.6 Å². The van der Waals surface area contributed by atoms with Gasteiger partial charge in [0.05, 0.1) is 20.2 Å². The highest BCUT2D eigenvalue weighted by Crippen LogP contribution is 2.22. The Morgan fingerprint density at radius 3 is 2.42 bits per heavy atom. The summed E-state index contributed by atoms with van der Waals surface area (Å²) >= 11 is 0. The summed E-state index contributed by atoms with van der Waals surface area (Å²) < 4.78 is 10.4. The van der Waals surface area contributed by atoms with Crippen molar-refractivity contribution in [1.29, 1.82) is 0 Å². The van der Waals surface area contributed by atoms with Gasteiger partial charge in [0.2, 0.25) is 17.7 Å². The van der Waals surface area contributed by atoms with Crippen molar-refractivity contribution in [2.45, 2.75) is 13.8 Å². The van der Waals surface area contributed by atoms with Crippen molar-refractivity contribution in [3.05, 3.63) is 60.2 Å². The largest absolute Gasteiger partial charge is 0.497 e. The van der Waals surface area contributed by atoms with Gasteiger partial charge in [0.15, 0.2) is 0 Å². The fourth-order valence-corrected chi connectivity index (χ4v) is 2.96. The van der Waals surface area contributed by atoms with Crippen LogP contribution in [-0.2, 0) is 9.59 Å². The molecule has 0 bridgehead atoms. The number of carbonyl (C=O) groups excluding carboxylic acids is 2. The van der Waals surface area contributed by atoms with Gasteiger partial charge in [-0.25, -0.2) is 0 Å². The van der Waals surface area contributed by atoms with E-state index < -0.39 is 0 Å². The normalized spacial score (nSPS) is 10.7. The predicted octanol–water partition coefficient (Wildman–Crippen LogP) is 3.56. The maximum atomic E-state index is 12.4. The van der Waals surface area contributed by atoms with Crippen molar-refractivity contribution in [3.63, 3.8) is 0 Å². The van der Waals surface area contributed by atoms with Crippen LogP contribution < -0.4 is 15.4 Å². The molecule has 0 aliphatic rings. The summed E-state index contributed by atoms with van der Waals surface area (Å²) in [5.41, 5.74) is 3.32. The van der Waals surface area contributed by atoms with E-state index in [4.69, 9.17) is 9.26 Å². The minimum atomic E-state index is -0.289. The van der Waals surface area contributed by atoms with Crippen molar-refractivity contribution in [3.8, 4) is 17.0 Å². The first-order valence-electron chi connectivity index (χ1n) is 9.96. The third kappa shape index (κ3) is 6.42. The molecule has 3 rings (SSSR count). The average Bonchev–Trinajstić information content (AvgIpc) is 3.22. The first kappa shape index (κ1) is 22.0. The van der Waals surface area contributed by atoms with Crippen LogP contribution in [0.25, 0.3) is 11.3 Å². The fraction of sp³-hybridized carbons (Fsp3) is 0.261. The molecule has 0 fully saturated rings. The lowest BCUT2D eigenvalue weighted by Gasteiger charge is -2.19. The van der Waals surface area contributed by atoms with Crippen LogP contribution in [0.2, 0.25) is 0 Å². The summed E-state index contributed by atoms with van der Waals surface area (Å²) in [4.78, 5) is 26.5. The van der Waals surface area contributed by atoms with Crippen LogP contribution in [0.15, 0.2) is 59.1 Å². The van der Waals surface area contributed by atoms with Gasteiger partial charge in [-0.3, -0.25) is 19.8 Å². The molecule has 1 aromatic heterocycles. The molecule has 1 heterocycles. The minimum Gasteiger partial charge on any atom is -0.497 e. The van der Waals surface area contributed by atoms with Gasteiger partial charge in [-0.15, -0.1) is 0 Å². The van der Waals surface area contributed by atoms with E-state index >= 15 is 0 Å². The molecule has 0 aliphatic carbocycles. The Morgan fingerprint density at radius 1 is 1.03 bits per heavy atom. The van der Waals surface area contributed by atoms with Gasteiger partial charge in [-0.2, -0.15) is 0 Å². The molecular weight excluding hydrogens is 396 g/mol. The third-order valence-electron chi connectivity index (χ3n) is 4.66. The summed E-state index contributed by atoms with van der Waals surface area (Å²) in [6.45, 7) is 4.55. The standard InChI is InChI=1S/C23H26N4O4/c1-4-27(14-21(28)24-18-6-5-7-19(12-18)30-3)15-22(29)25-23-13-20(26-31-23)17-10-8-16(2)9-11-17/h5-13H,4,14-15H2,1-3H3,(H,24,28)(H,25,29). The molecule has 162 valence electrons. The molecule has 3 aromatic rings. The number of anilines is 2. The Labute approximate surface area is 181 Å². The minimum absolute atomic E-state index is 0.0442. The fourth-order valence-electron chi connectivity index (χ4n) is 2.96. The van der Waals surface area contributed by atoms with Crippen LogP contribution in [0, 0.1) is 6.92 Å². The average molecular weight is 422 g/mol. The number of amides is 2. The predicted molar refractivity (Wildman–Crippen MR) is 119 cm³/mol. The van der Waals surface area contributed by atoms with Gasteiger partial charge in [-0.1, -0.05) is 48.0 Å². The molecule has 0 saturated carbocycles. The molecule has 8 heteroatoms. The van der Waals surface area contributed by atoms with E-state index in [2.05, 4.69) is 15.8 Å². The van der Waals surface area contributed by atoms with E-state index in [0.717, 1.165) is 11.1 Å². The number of hydrogen-bond acceptors (Lipinski definition) is 6. The number of carbonyl (C=O) groups is 2. The van der Waals surface area contributed by atoms with Crippen LogP contribution >= 0.6 is 0 Å². The lowest BCUT2D eigenvalue weighted by molar-refractivity contribution is -0.120. The molecule has 0 unspecified atom stereocenters. The number of methoxy groups -OCH3 is 1. The van der Waals surface area contributed by atoms with Crippen LogP contribution in [0.1, 0.15) is 12.5 Å². The number of nitrogens with zero attached hydrogens (tertiary/aromatic N) is 2. The number of nitrogens with one attached hydrogen (secondary N) is 2. The third-order valence-corrected chi connectivity index (χ3v) is 4.66. The quantitative estimate of drug-likeness (QED) is 0.547. The second-order valence-electron chi connectivity index (χ2n) is 7.07. The van der Waals surface area contributed by atoms with Gasteiger partial charge in [0.25, 0.3) is 0 Å². The van der Waals surface area contributed by atoms with E-state index in [1.165, 1.54) is 0 Å². The van der Waals surface area contributed by atoms with E-state index in [1.807, 2.05) is 38.1 Å². The zero-order valence-electron chi connectivity index (χ0n) is 17.8. The molecule has 0 saturated heterocycles. The van der Waals surface area contributed by atoms with E-state index in [0.29, 0.717) is 23.7 Å². The second-order valence-corrected chi connectivity index (χ2v) is 7.07. The zero-order valence-corrected chi connectivity index (χ0v) is 17.8. The van der Waals surface area contributed by atoms with Crippen LogP contribution in [-0.4, -0.2) is 48.6 Å². The molecule has 0 radical (unpaired) electrons. The Kier molecular flexibility index (Phi) is 7.40. The van der Waals surface area contributed by atoms with Crippen molar-refractivity contribution >= 4 is 23.4 Å². The summed E-state index contributed by atoms with van der Waals surface area (Å²) in [6.07, 6.45) is 0. The first-order valence-corrected chi connectivity index (χ1v) is 9.96. The monoisotopic (exact) mass is 422 g/mol. The number of ether oxygens (including phenoxy) is 1. The Morgan fingerprint density at radius 2 is 1.74 bits per heavy atom. The highest BCUT2D eigenvalue weighted by molar-refractivity contribution is 5.94. The van der Waals surface area contributed by atoms with Gasteiger partial charge in [0.1, 0.15) is 11.4 Å². The molecule has 31 heavy (non-hydrogen) atoms. The summed E-state index contributed by atoms with van der Waals surface area (Å²) in [6, 6.07) is 16.6. The smallest absolute Gasteiger partial charge is 0.240 e. The lowest BCUT2D eigenvalue weighted by atomic mass is 10.1. The molecular formula is C23H26N4O4. The Bertz CT molecular complexity index is 1030. The van der Waals surface area contributed by atoms with Gasteiger partial charge < -0.3 is 14.6 Å². The highest BCUT2D eigenvalue weighted by atomic mass is 16.5. The number of rotatable bonds is 9. The molecule has 0 aliphatic heterocycles. The summed E-state index contributed by atoms with van der Waals surface area (Å²) in [5.74, 6) is 0.408. The molecule has 0 spiro atoms. The van der Waals surface area contributed by atoms with E-state index in [9.17, 15) is 9.59 Å². The van der Waals surface area contributed by atoms with E-state index in [1.54, 1.807) is 42.3 Å². The van der Waals surface area contributed by atoms with Gasteiger partial charge in [0, 0.05) is 23.4 Å². The molecule has 2 amide bonds. The highest BCUT2D eigenvalue weighted by Gasteiger charge is 2.15. The number of benzene rings is 2. The molecule has 8 nitrogen and oxygen atoms in total. The maximum absolute atomic E-state index is 12.4. The summed E-state index contributed by atoms with van der Waals surface area (Å²) in [5, 5.41) is 9.50. The van der Waals surface area contributed by atoms with Crippen molar-refractivity contribution < 1.29 is 18.8 Å². The topological polar surface area (TPSA) is 96.7 Å². The van der Waals surface area contributed by atoms with Gasteiger partial charge in [-0.05, 0) is 25.6 Å². The first-order chi connectivity index (χ1) is 15.0. The number of aryl methyl sites for hydroxylation is 1. The Balaban J connectivity index is 1.52. The number of likely N-dealkylation sites (N-methyl/N-ethyl adjacent to an activating group) is 1. The summed E-state index contributed by atoms with van der Waals surface area (Å²) in [7, 11) is 1.57. The SMILES string of the molecule is CCN(CC(=O)Nc1cccc(OC)c1)CC(=O)Nc1cc(-c2ccc(C)cc2)no1. The van der Waals surface area contributed by atoms with E-state index in [-0.39, 0.29) is 30.8 Å².